The number of hydrogen-bond acceptors (Lipinski definition) is 5. The van der Waals surface area contributed by atoms with Crippen LogP contribution < -0.4 is 11.1 Å². The highest BCUT2D eigenvalue weighted by Crippen LogP contribution is 2.12. The lowest BCUT2D eigenvalue weighted by Crippen LogP contribution is -2.40. The second-order valence-electron chi connectivity index (χ2n) is 12.0. The minimum absolute atomic E-state index is 0.117. The fraction of sp³-hybridized carbons (Fsp3) is 0.474. The number of carbonyl (C=O) groups is 4. The minimum Gasteiger partial charge on any atom is -0.478 e. The van der Waals surface area contributed by atoms with Gasteiger partial charge in [-0.2, -0.15) is 0 Å². The number of nitrogens with two attached hydrogens (primary N) is 1. The summed E-state index contributed by atoms with van der Waals surface area (Å²) in [5, 5.41) is 10.4. The molecule has 0 aromatic heterocycles. The van der Waals surface area contributed by atoms with Crippen LogP contribution in [0.1, 0.15) is 90.2 Å². The first-order chi connectivity index (χ1) is 21.4. The van der Waals surface area contributed by atoms with E-state index in [4.69, 9.17) is 10.8 Å². The molecule has 0 unspecified atom stereocenters. The molecule has 0 bridgehead atoms. The van der Waals surface area contributed by atoms with Gasteiger partial charge in [0.1, 0.15) is 5.78 Å². The molecule has 45 heavy (non-hydrogen) atoms. The van der Waals surface area contributed by atoms with E-state index >= 15 is 0 Å². The number of aliphatic carboxylic acids is 1. The molecule has 0 aliphatic rings. The molecule has 2 rings (SSSR count). The van der Waals surface area contributed by atoms with Crippen molar-refractivity contribution in [2.75, 3.05) is 0 Å². The van der Waals surface area contributed by atoms with Gasteiger partial charge in [-0.15, -0.1) is 0 Å². The molecule has 2 atom stereocenters. The van der Waals surface area contributed by atoms with Crippen LogP contribution in [0, 0.1) is 11.8 Å². The third kappa shape index (κ3) is 23.2. The van der Waals surface area contributed by atoms with Crippen LogP contribution in [0.25, 0.3) is 0 Å². The van der Waals surface area contributed by atoms with Gasteiger partial charge in [-0.1, -0.05) is 114 Å². The van der Waals surface area contributed by atoms with E-state index in [2.05, 4.69) is 58.3 Å². The van der Waals surface area contributed by atoms with Gasteiger partial charge in [-0.3, -0.25) is 14.4 Å². The van der Waals surface area contributed by atoms with Gasteiger partial charge in [0, 0.05) is 18.9 Å². The van der Waals surface area contributed by atoms with Crippen LogP contribution in [0.3, 0.4) is 0 Å². The quantitative estimate of drug-likeness (QED) is 0.142. The summed E-state index contributed by atoms with van der Waals surface area (Å²) in [7, 11) is 0. The first-order valence-corrected chi connectivity index (χ1v) is 16.1. The zero-order valence-electron chi connectivity index (χ0n) is 27.9. The van der Waals surface area contributed by atoms with Crippen LogP contribution in [-0.2, 0) is 32.0 Å². The van der Waals surface area contributed by atoms with Gasteiger partial charge in [-0.05, 0) is 67.6 Å². The standard InChI is InChI=1S/C19H27NO2.C16H25NO.C3H4O2/c1-4-19(22)20-17(18(21)12-8-9-15(2)3)14-13-16-10-6-5-7-11-16;1-13(2)7-6-10-16(18)15(17)12-11-14-8-4-3-5-9-14;1-2-3(4)5/h4-7,10-11,15,17H,1,8-9,12-14H2,2-3H3,(H,20,22);3-5,8-9,13,15H,6-7,10-12,17H2,1-2H3;2H,1H2,(H,4,5)/t17-;15-;/m00./s1. The zero-order valence-corrected chi connectivity index (χ0v) is 27.9. The number of nitrogens with one attached hydrogen (secondary N) is 1. The third-order valence-electron chi connectivity index (χ3n) is 7.04. The maximum Gasteiger partial charge on any atom is 0.327 e. The van der Waals surface area contributed by atoms with E-state index in [0.717, 1.165) is 51.0 Å². The van der Waals surface area contributed by atoms with E-state index in [0.29, 0.717) is 31.1 Å². The van der Waals surface area contributed by atoms with Crippen molar-refractivity contribution in [3.05, 3.63) is 97.1 Å². The Bertz CT molecular complexity index is 1130. The van der Waals surface area contributed by atoms with E-state index in [9.17, 15) is 19.2 Å². The normalized spacial score (nSPS) is 11.6. The van der Waals surface area contributed by atoms with Gasteiger partial charge in [0.25, 0.3) is 0 Å². The van der Waals surface area contributed by atoms with Gasteiger partial charge in [0.15, 0.2) is 5.78 Å². The Hall–Kier alpha value is -3.84. The summed E-state index contributed by atoms with van der Waals surface area (Å²) in [5.74, 6) is 0.329. The second kappa shape index (κ2) is 25.5. The topological polar surface area (TPSA) is 127 Å². The molecule has 0 saturated carbocycles. The maximum absolute atomic E-state index is 12.3. The van der Waals surface area contributed by atoms with Crippen molar-refractivity contribution in [3.8, 4) is 0 Å². The van der Waals surface area contributed by atoms with E-state index in [1.54, 1.807) is 0 Å². The fourth-order valence-electron chi connectivity index (χ4n) is 4.36. The minimum atomic E-state index is -0.981. The predicted octanol–water partition coefficient (Wildman–Crippen LogP) is 7.28. The van der Waals surface area contributed by atoms with Crippen molar-refractivity contribution in [3.63, 3.8) is 0 Å². The van der Waals surface area contributed by atoms with Crippen molar-refractivity contribution in [1.82, 2.24) is 5.32 Å². The highest BCUT2D eigenvalue weighted by Gasteiger charge is 2.19. The number of amides is 1. The van der Waals surface area contributed by atoms with Crippen LogP contribution in [0.5, 0.6) is 0 Å². The molecule has 2 aromatic rings. The molecular formula is C38H56N2O5. The molecule has 7 nitrogen and oxygen atoms in total. The molecule has 0 radical (unpaired) electrons. The van der Waals surface area contributed by atoms with Crippen molar-refractivity contribution < 1.29 is 24.3 Å². The highest BCUT2D eigenvalue weighted by atomic mass is 16.4. The van der Waals surface area contributed by atoms with Gasteiger partial charge in [0.05, 0.1) is 12.1 Å². The van der Waals surface area contributed by atoms with Crippen LogP contribution in [0.4, 0.5) is 0 Å². The van der Waals surface area contributed by atoms with Gasteiger partial charge < -0.3 is 16.2 Å². The summed E-state index contributed by atoms with van der Waals surface area (Å²) in [6, 6.07) is 19.5. The molecule has 0 aliphatic heterocycles. The fourth-order valence-corrected chi connectivity index (χ4v) is 4.36. The molecule has 0 fully saturated rings. The summed E-state index contributed by atoms with van der Waals surface area (Å²) in [4.78, 5) is 45.0. The Morgan fingerprint density at radius 3 is 1.53 bits per heavy atom. The Morgan fingerprint density at radius 1 is 0.711 bits per heavy atom. The Kier molecular flexibility index (Phi) is 23.3. The van der Waals surface area contributed by atoms with Crippen LogP contribution in [0.15, 0.2) is 86.0 Å². The first kappa shape index (κ1) is 41.2. The number of Topliss-reactive ketones (excluding diaryl/α,β-unsaturated/α-hetero) is 2. The van der Waals surface area contributed by atoms with Crippen molar-refractivity contribution in [2.24, 2.45) is 17.6 Å². The highest BCUT2D eigenvalue weighted by molar-refractivity contribution is 5.93. The van der Waals surface area contributed by atoms with Crippen molar-refractivity contribution in [1.29, 1.82) is 0 Å². The number of carboxylic acids is 1. The lowest BCUT2D eigenvalue weighted by Gasteiger charge is -2.17. The number of rotatable bonds is 19. The average molecular weight is 621 g/mol. The summed E-state index contributed by atoms with van der Waals surface area (Å²) >= 11 is 0. The summed E-state index contributed by atoms with van der Waals surface area (Å²) < 4.78 is 0. The molecule has 2 aromatic carbocycles. The summed E-state index contributed by atoms with van der Waals surface area (Å²) in [5.41, 5.74) is 8.36. The molecular weight excluding hydrogens is 564 g/mol. The molecule has 0 spiro atoms. The summed E-state index contributed by atoms with van der Waals surface area (Å²) in [6.45, 7) is 15.1. The smallest absolute Gasteiger partial charge is 0.327 e. The van der Waals surface area contributed by atoms with E-state index in [1.165, 1.54) is 17.2 Å². The van der Waals surface area contributed by atoms with Crippen LogP contribution in [0.2, 0.25) is 0 Å². The molecule has 1 amide bonds. The van der Waals surface area contributed by atoms with Crippen LogP contribution >= 0.6 is 0 Å². The first-order valence-electron chi connectivity index (χ1n) is 16.1. The number of carbonyl (C=O) groups excluding carboxylic acids is 3. The molecule has 0 aliphatic carbocycles. The molecule has 4 N–H and O–H groups in total. The lowest BCUT2D eigenvalue weighted by molar-refractivity contribution is -0.131. The van der Waals surface area contributed by atoms with Gasteiger partial charge in [-0.25, -0.2) is 4.79 Å². The predicted molar refractivity (Wildman–Crippen MR) is 185 cm³/mol. The lowest BCUT2D eigenvalue weighted by atomic mass is 9.97. The van der Waals surface area contributed by atoms with Gasteiger partial charge in [0.2, 0.25) is 5.91 Å². The van der Waals surface area contributed by atoms with Gasteiger partial charge >= 0.3 is 5.97 Å². The monoisotopic (exact) mass is 620 g/mol. The van der Waals surface area contributed by atoms with Crippen molar-refractivity contribution in [2.45, 2.75) is 104 Å². The second-order valence-corrected chi connectivity index (χ2v) is 12.0. The molecule has 7 heteroatoms. The average Bonchev–Trinajstić information content (AvgIpc) is 3.02. The number of hydrogen-bond donors (Lipinski definition) is 3. The van der Waals surface area contributed by atoms with E-state index in [-0.39, 0.29) is 23.5 Å². The van der Waals surface area contributed by atoms with Crippen LogP contribution in [-0.4, -0.2) is 40.6 Å². The summed E-state index contributed by atoms with van der Waals surface area (Å²) in [6.07, 6.45) is 10.2. The van der Waals surface area contributed by atoms with Crippen molar-refractivity contribution >= 4 is 23.4 Å². The van der Waals surface area contributed by atoms with E-state index in [1.807, 2.05) is 48.5 Å². The third-order valence-corrected chi connectivity index (χ3v) is 7.04. The molecule has 248 valence electrons. The Balaban J connectivity index is 0.000000758. The largest absolute Gasteiger partial charge is 0.478 e. The number of ketones is 2. The number of aryl methyl sites for hydroxylation is 2. The zero-order chi connectivity index (χ0) is 34.0. The van der Waals surface area contributed by atoms with E-state index < -0.39 is 12.0 Å². The Labute approximate surface area is 271 Å². The Morgan fingerprint density at radius 2 is 1.13 bits per heavy atom. The molecule has 0 heterocycles. The SMILES string of the molecule is C=CC(=O)N[C@@H](CCc1ccccc1)C(=O)CCCC(C)C.C=CC(=O)O.CC(C)CCCC(=O)[C@@H](N)CCc1ccccc1. The number of benzene rings is 2. The molecule has 0 saturated heterocycles. The number of carboxylic acid groups (broad SMARTS) is 1. The maximum atomic E-state index is 12.3.